The maximum atomic E-state index is 13.0. The first-order chi connectivity index (χ1) is 12.9. The third-order valence-electron chi connectivity index (χ3n) is 4.68. The second kappa shape index (κ2) is 6.54. The summed E-state index contributed by atoms with van der Waals surface area (Å²) in [5.74, 6) is -0.363. The van der Waals surface area contributed by atoms with Crippen molar-refractivity contribution in [2.45, 2.75) is 29.2 Å². The average molecular weight is 404 g/mol. The molecule has 9 heteroatoms. The lowest BCUT2D eigenvalue weighted by molar-refractivity contribution is -0.384. The fourth-order valence-electron chi connectivity index (χ4n) is 3.38. The van der Waals surface area contributed by atoms with Gasteiger partial charge in [-0.1, -0.05) is 35.5 Å². The van der Waals surface area contributed by atoms with E-state index < -0.39 is 9.79 Å². The zero-order valence-electron chi connectivity index (χ0n) is 14.0. The number of carbonyl (C=O) groups is 2. The van der Waals surface area contributed by atoms with E-state index in [-0.39, 0.29) is 24.0 Å². The number of rotatable bonds is 4. The van der Waals surface area contributed by atoms with Crippen molar-refractivity contribution in [1.82, 2.24) is 5.32 Å². The maximum Gasteiger partial charge on any atom is 0.269 e. The van der Waals surface area contributed by atoms with Gasteiger partial charge in [-0.05, 0) is 30.2 Å². The number of thioether (sulfide) groups is 1. The summed E-state index contributed by atoms with van der Waals surface area (Å²) in [6.45, 7) is 0.221. The average Bonchev–Trinajstić information content (AvgIpc) is 3.16. The van der Waals surface area contributed by atoms with Crippen LogP contribution >= 0.6 is 23.4 Å². The highest BCUT2D eigenvalue weighted by Gasteiger charge is 2.57. The lowest BCUT2D eigenvalue weighted by Crippen LogP contribution is -2.52. The fourth-order valence-corrected chi connectivity index (χ4v) is 4.96. The Bertz CT molecular complexity index is 966. The van der Waals surface area contributed by atoms with Gasteiger partial charge in [0.15, 0.2) is 4.87 Å². The molecule has 2 aliphatic heterocycles. The van der Waals surface area contributed by atoms with Gasteiger partial charge in [-0.2, -0.15) is 0 Å². The van der Waals surface area contributed by atoms with Crippen LogP contribution in [-0.2, 0) is 16.1 Å². The van der Waals surface area contributed by atoms with Crippen LogP contribution in [0.15, 0.2) is 47.4 Å². The number of nitro benzene ring substituents is 1. The molecule has 0 aromatic heterocycles. The number of hydrogen-bond acceptors (Lipinski definition) is 5. The molecule has 0 saturated carbocycles. The Morgan fingerprint density at radius 1 is 1.30 bits per heavy atom. The summed E-state index contributed by atoms with van der Waals surface area (Å²) in [6.07, 6.45) is 0.707. The molecule has 1 atom stereocenters. The summed E-state index contributed by atoms with van der Waals surface area (Å²) in [5, 5.41) is 14.1. The third-order valence-corrected chi connectivity index (χ3v) is 6.39. The van der Waals surface area contributed by atoms with Crippen molar-refractivity contribution < 1.29 is 14.5 Å². The first kappa shape index (κ1) is 17.8. The van der Waals surface area contributed by atoms with Crippen LogP contribution in [0.1, 0.15) is 18.4 Å². The number of amides is 2. The first-order valence-corrected chi connectivity index (χ1v) is 9.43. The molecule has 2 aliphatic rings. The van der Waals surface area contributed by atoms with Crippen molar-refractivity contribution in [1.29, 1.82) is 0 Å². The zero-order valence-corrected chi connectivity index (χ0v) is 15.5. The van der Waals surface area contributed by atoms with E-state index in [0.717, 1.165) is 10.5 Å². The minimum Gasteiger partial charge on any atom is -0.349 e. The van der Waals surface area contributed by atoms with Crippen molar-refractivity contribution in [2.75, 3.05) is 4.90 Å². The predicted molar refractivity (Wildman–Crippen MR) is 102 cm³/mol. The topological polar surface area (TPSA) is 92.5 Å². The molecule has 138 valence electrons. The molecular formula is C18H14ClN3O4S. The van der Waals surface area contributed by atoms with E-state index in [9.17, 15) is 19.7 Å². The zero-order chi connectivity index (χ0) is 19.2. The second-order valence-electron chi connectivity index (χ2n) is 6.33. The molecule has 0 unspecified atom stereocenters. The molecule has 1 fully saturated rings. The molecule has 7 nitrogen and oxygen atoms in total. The molecule has 0 radical (unpaired) electrons. The van der Waals surface area contributed by atoms with Gasteiger partial charge >= 0.3 is 0 Å². The second-order valence-corrected chi connectivity index (χ2v) is 8.09. The lowest BCUT2D eigenvalue weighted by atomic mass is 10.1. The number of fused-ring (bicyclic) bond motifs is 3. The molecule has 2 aromatic carbocycles. The maximum absolute atomic E-state index is 13.0. The minimum absolute atomic E-state index is 0.00471. The van der Waals surface area contributed by atoms with Gasteiger partial charge in [0, 0.05) is 35.0 Å². The molecule has 0 aliphatic carbocycles. The fraction of sp³-hybridized carbons (Fsp3) is 0.222. The number of nitrogens with one attached hydrogen (secondary N) is 1. The van der Waals surface area contributed by atoms with E-state index in [4.69, 9.17) is 11.6 Å². The van der Waals surface area contributed by atoms with Crippen LogP contribution in [0.3, 0.4) is 0 Å². The Hall–Kier alpha value is -2.58. The molecular weight excluding hydrogens is 390 g/mol. The largest absolute Gasteiger partial charge is 0.349 e. The summed E-state index contributed by atoms with van der Waals surface area (Å²) in [6, 6.07) is 11.3. The van der Waals surface area contributed by atoms with Crippen LogP contribution in [0, 0.1) is 10.1 Å². The van der Waals surface area contributed by atoms with E-state index in [1.165, 1.54) is 23.9 Å². The summed E-state index contributed by atoms with van der Waals surface area (Å²) in [4.78, 5) is 37.1. The highest BCUT2D eigenvalue weighted by atomic mass is 35.5. The van der Waals surface area contributed by atoms with Gasteiger partial charge in [-0.3, -0.25) is 24.6 Å². The van der Waals surface area contributed by atoms with Gasteiger partial charge in [0.25, 0.3) is 11.6 Å². The Morgan fingerprint density at radius 3 is 2.74 bits per heavy atom. The number of carbonyl (C=O) groups excluding carboxylic acids is 2. The van der Waals surface area contributed by atoms with Gasteiger partial charge < -0.3 is 5.32 Å². The monoisotopic (exact) mass is 403 g/mol. The molecule has 2 amide bonds. The molecule has 2 aromatic rings. The van der Waals surface area contributed by atoms with Crippen LogP contribution in [-0.4, -0.2) is 21.6 Å². The van der Waals surface area contributed by atoms with Crippen molar-refractivity contribution >= 4 is 46.6 Å². The van der Waals surface area contributed by atoms with E-state index in [1.807, 2.05) is 6.07 Å². The number of nitro groups is 1. The van der Waals surface area contributed by atoms with Gasteiger partial charge in [0.2, 0.25) is 5.91 Å². The van der Waals surface area contributed by atoms with E-state index in [0.29, 0.717) is 23.6 Å². The van der Waals surface area contributed by atoms with Crippen LogP contribution in [0.5, 0.6) is 0 Å². The highest BCUT2D eigenvalue weighted by molar-refractivity contribution is 8.02. The number of non-ortho nitro benzene ring substituents is 1. The molecule has 0 bridgehead atoms. The molecule has 1 N–H and O–H groups in total. The molecule has 4 rings (SSSR count). The highest BCUT2D eigenvalue weighted by Crippen LogP contribution is 2.56. The Labute approximate surface area is 163 Å². The Kier molecular flexibility index (Phi) is 4.32. The van der Waals surface area contributed by atoms with E-state index in [2.05, 4.69) is 5.32 Å². The van der Waals surface area contributed by atoms with Crippen molar-refractivity contribution in [3.8, 4) is 0 Å². The first-order valence-electron chi connectivity index (χ1n) is 8.24. The van der Waals surface area contributed by atoms with Crippen molar-refractivity contribution in [2.24, 2.45) is 0 Å². The smallest absolute Gasteiger partial charge is 0.269 e. The quantitative estimate of drug-likeness (QED) is 0.623. The number of benzene rings is 2. The Morgan fingerprint density at radius 2 is 2.04 bits per heavy atom. The summed E-state index contributed by atoms with van der Waals surface area (Å²) in [5.41, 5.74) is 1.40. The molecule has 0 spiro atoms. The van der Waals surface area contributed by atoms with E-state index >= 15 is 0 Å². The summed E-state index contributed by atoms with van der Waals surface area (Å²) >= 11 is 7.43. The summed E-state index contributed by atoms with van der Waals surface area (Å²) < 4.78 is 0. The van der Waals surface area contributed by atoms with Gasteiger partial charge in [-0.25, -0.2) is 0 Å². The number of anilines is 1. The molecule has 1 saturated heterocycles. The van der Waals surface area contributed by atoms with E-state index in [1.54, 1.807) is 29.2 Å². The number of halogens is 1. The minimum atomic E-state index is -1.01. The van der Waals surface area contributed by atoms with Crippen LogP contribution in [0.4, 0.5) is 11.4 Å². The molecule has 27 heavy (non-hydrogen) atoms. The Balaban J connectivity index is 1.54. The van der Waals surface area contributed by atoms with Gasteiger partial charge in [0.1, 0.15) is 0 Å². The molecule has 2 heterocycles. The normalized spacial score (nSPS) is 20.3. The van der Waals surface area contributed by atoms with Crippen LogP contribution in [0.2, 0.25) is 5.02 Å². The number of hydrogen-bond donors (Lipinski definition) is 1. The van der Waals surface area contributed by atoms with Crippen LogP contribution < -0.4 is 10.2 Å². The third kappa shape index (κ3) is 2.94. The SMILES string of the molecule is O=C1CC[C@@]2(C(=O)NCc3ccc([N+](=O)[O-])cc3)Sc3ccc(Cl)cc3N12. The summed E-state index contributed by atoms with van der Waals surface area (Å²) in [7, 11) is 0. The lowest BCUT2D eigenvalue weighted by Gasteiger charge is -2.29. The standard InChI is InChI=1S/C18H14ClN3O4S/c19-12-3-6-15-14(9-12)21-16(23)7-8-18(21,27-15)17(24)20-10-11-1-4-13(5-2-11)22(25)26/h1-6,9H,7-8,10H2,(H,20,24)/t18-/m0/s1. The van der Waals surface area contributed by atoms with Gasteiger partial charge in [0.05, 0.1) is 10.6 Å². The van der Waals surface area contributed by atoms with Crippen LogP contribution in [0.25, 0.3) is 0 Å². The number of nitrogens with zero attached hydrogens (tertiary/aromatic N) is 2. The van der Waals surface area contributed by atoms with Crippen molar-refractivity contribution in [3.63, 3.8) is 0 Å². The van der Waals surface area contributed by atoms with Crippen molar-refractivity contribution in [3.05, 3.63) is 63.2 Å². The predicted octanol–water partition coefficient (Wildman–Crippen LogP) is 3.49. The van der Waals surface area contributed by atoms with Gasteiger partial charge in [-0.15, -0.1) is 0 Å².